The van der Waals surface area contributed by atoms with Crippen LogP contribution in [0.15, 0.2) is 18.3 Å². The van der Waals surface area contributed by atoms with Crippen LogP contribution in [0.3, 0.4) is 0 Å². The van der Waals surface area contributed by atoms with Crippen LogP contribution in [-0.2, 0) is 4.79 Å². The molecule has 1 saturated carbocycles. The van der Waals surface area contributed by atoms with Crippen molar-refractivity contribution < 1.29 is 9.90 Å². The van der Waals surface area contributed by atoms with Crippen LogP contribution in [0.4, 0.5) is 5.82 Å². The largest absolute Gasteiger partial charge is 0.481 e. The van der Waals surface area contributed by atoms with Crippen LogP contribution in [0.2, 0.25) is 0 Å². The zero-order valence-corrected chi connectivity index (χ0v) is 10.5. The number of carbonyl (C=O) groups is 1. The van der Waals surface area contributed by atoms with E-state index in [1.54, 1.807) is 18.3 Å². The number of nitriles is 1. The van der Waals surface area contributed by atoms with Gasteiger partial charge in [0, 0.05) is 19.3 Å². The maximum absolute atomic E-state index is 11.6. The summed E-state index contributed by atoms with van der Waals surface area (Å²) in [6.45, 7) is 1.24. The van der Waals surface area contributed by atoms with Crippen molar-refractivity contribution in [2.45, 2.75) is 19.3 Å². The molecule has 98 valence electrons. The van der Waals surface area contributed by atoms with Gasteiger partial charge in [0.25, 0.3) is 0 Å². The smallest absolute Gasteiger partial charge is 0.311 e. The fourth-order valence-electron chi connectivity index (χ4n) is 3.47. The van der Waals surface area contributed by atoms with Crippen LogP contribution in [0.5, 0.6) is 0 Å². The zero-order chi connectivity index (χ0) is 13.5. The first-order valence-electron chi connectivity index (χ1n) is 6.50. The van der Waals surface area contributed by atoms with Gasteiger partial charge in [-0.3, -0.25) is 4.79 Å². The Kier molecular flexibility index (Phi) is 2.67. The molecular weight excluding hydrogens is 242 g/mol. The number of aliphatic carboxylic acids is 1. The molecule has 1 aliphatic carbocycles. The van der Waals surface area contributed by atoms with Crippen LogP contribution in [-0.4, -0.2) is 29.1 Å². The molecule has 1 N–H and O–H groups in total. The van der Waals surface area contributed by atoms with E-state index in [1.807, 2.05) is 4.90 Å². The normalized spacial score (nSPS) is 29.0. The molecule has 5 heteroatoms. The fraction of sp³-hybridized carbons (Fsp3) is 0.500. The highest BCUT2D eigenvalue weighted by molar-refractivity contribution is 5.77. The van der Waals surface area contributed by atoms with Crippen molar-refractivity contribution in [1.82, 2.24) is 4.98 Å². The second kappa shape index (κ2) is 4.23. The van der Waals surface area contributed by atoms with E-state index in [0.29, 0.717) is 17.9 Å². The lowest BCUT2D eigenvalue weighted by Crippen LogP contribution is -2.35. The van der Waals surface area contributed by atoms with E-state index in [9.17, 15) is 9.90 Å². The van der Waals surface area contributed by atoms with E-state index in [1.165, 1.54) is 0 Å². The van der Waals surface area contributed by atoms with Crippen molar-refractivity contribution >= 4 is 11.8 Å². The highest BCUT2D eigenvalue weighted by Gasteiger charge is 2.55. The molecule has 5 nitrogen and oxygen atoms in total. The molecule has 2 atom stereocenters. The van der Waals surface area contributed by atoms with Crippen LogP contribution in [0.1, 0.15) is 24.8 Å². The topological polar surface area (TPSA) is 77.2 Å². The van der Waals surface area contributed by atoms with Crippen LogP contribution in [0.25, 0.3) is 0 Å². The first kappa shape index (κ1) is 12.0. The van der Waals surface area contributed by atoms with E-state index >= 15 is 0 Å². The van der Waals surface area contributed by atoms with Crippen LogP contribution >= 0.6 is 0 Å². The Balaban J connectivity index is 1.90. The van der Waals surface area contributed by atoms with Crippen molar-refractivity contribution in [3.8, 4) is 6.07 Å². The van der Waals surface area contributed by atoms with Gasteiger partial charge in [-0.05, 0) is 30.9 Å². The number of anilines is 1. The maximum atomic E-state index is 11.6. The monoisotopic (exact) mass is 257 g/mol. The van der Waals surface area contributed by atoms with Gasteiger partial charge in [-0.1, -0.05) is 6.42 Å². The van der Waals surface area contributed by atoms with Gasteiger partial charge in [0.1, 0.15) is 5.82 Å². The minimum Gasteiger partial charge on any atom is -0.481 e. The van der Waals surface area contributed by atoms with Crippen LogP contribution in [0, 0.1) is 22.7 Å². The molecule has 3 rings (SSSR count). The third-order valence-electron chi connectivity index (χ3n) is 4.50. The number of fused-ring (bicyclic) bond motifs is 1. The van der Waals surface area contributed by atoms with Crippen molar-refractivity contribution in [1.29, 1.82) is 5.26 Å². The summed E-state index contributed by atoms with van der Waals surface area (Å²) in [7, 11) is 0. The first-order chi connectivity index (χ1) is 9.15. The average Bonchev–Trinajstić information content (AvgIpc) is 2.96. The van der Waals surface area contributed by atoms with E-state index < -0.39 is 11.4 Å². The van der Waals surface area contributed by atoms with Gasteiger partial charge >= 0.3 is 5.97 Å². The van der Waals surface area contributed by atoms with Crippen molar-refractivity contribution in [2.24, 2.45) is 11.3 Å². The molecule has 0 spiro atoms. The first-order valence-corrected chi connectivity index (χ1v) is 6.50. The molecule has 1 saturated heterocycles. The Hall–Kier alpha value is -2.09. The Morgan fingerprint density at radius 1 is 1.63 bits per heavy atom. The Morgan fingerprint density at radius 2 is 2.47 bits per heavy atom. The third-order valence-corrected chi connectivity index (χ3v) is 4.50. The molecule has 2 fully saturated rings. The van der Waals surface area contributed by atoms with E-state index in [-0.39, 0.29) is 5.92 Å². The molecule has 0 amide bonds. The predicted octanol–water partition coefficient (Wildman–Crippen LogP) is 1.64. The molecule has 0 unspecified atom stereocenters. The summed E-state index contributed by atoms with van der Waals surface area (Å²) in [6.07, 6.45) is 4.33. The quantitative estimate of drug-likeness (QED) is 0.871. The van der Waals surface area contributed by atoms with Crippen molar-refractivity contribution in [3.63, 3.8) is 0 Å². The number of aromatic nitrogens is 1. The number of rotatable bonds is 2. The number of nitrogens with zero attached hydrogens (tertiary/aromatic N) is 3. The molecule has 19 heavy (non-hydrogen) atoms. The minimum absolute atomic E-state index is 0.206. The Bertz CT molecular complexity index is 566. The van der Waals surface area contributed by atoms with Crippen LogP contribution < -0.4 is 4.90 Å². The second-order valence-electron chi connectivity index (χ2n) is 5.45. The molecule has 0 bridgehead atoms. The second-order valence-corrected chi connectivity index (χ2v) is 5.45. The Labute approximate surface area is 111 Å². The third kappa shape index (κ3) is 1.75. The highest BCUT2D eigenvalue weighted by Crippen LogP contribution is 2.49. The maximum Gasteiger partial charge on any atom is 0.311 e. The predicted molar refractivity (Wildman–Crippen MR) is 68.6 cm³/mol. The molecule has 2 heterocycles. The van der Waals surface area contributed by atoms with E-state index in [4.69, 9.17) is 5.26 Å². The summed E-state index contributed by atoms with van der Waals surface area (Å²) < 4.78 is 0. The SMILES string of the molecule is N#Cc1ccnc(N2C[C@@H]3CCC[C@@]3(C(=O)O)C2)c1. The minimum atomic E-state index is -0.686. The van der Waals surface area contributed by atoms with Gasteiger partial charge in [0.15, 0.2) is 0 Å². The van der Waals surface area contributed by atoms with Gasteiger partial charge in [0.05, 0.1) is 17.0 Å². The summed E-state index contributed by atoms with van der Waals surface area (Å²) in [5.74, 6) is 0.237. The summed E-state index contributed by atoms with van der Waals surface area (Å²) in [6, 6.07) is 5.48. The standard InChI is InChI=1S/C14H15N3O2/c15-7-10-3-5-16-12(6-10)17-8-11-2-1-4-14(11,9-17)13(18)19/h3,5-6,11H,1-2,4,8-9H2,(H,18,19)/t11-,14+/m0/s1. The molecule has 1 aliphatic heterocycles. The van der Waals surface area contributed by atoms with Gasteiger partial charge in [-0.2, -0.15) is 5.26 Å². The van der Waals surface area contributed by atoms with Gasteiger partial charge in [-0.25, -0.2) is 4.98 Å². The number of hydrogen-bond acceptors (Lipinski definition) is 4. The molecule has 1 aromatic heterocycles. The lowest BCUT2D eigenvalue weighted by molar-refractivity contribution is -0.149. The molecule has 1 aromatic rings. The van der Waals surface area contributed by atoms with E-state index in [0.717, 1.165) is 25.8 Å². The number of carboxylic acid groups (broad SMARTS) is 1. The lowest BCUT2D eigenvalue weighted by atomic mass is 9.81. The fourth-order valence-corrected chi connectivity index (χ4v) is 3.47. The van der Waals surface area contributed by atoms with Crippen molar-refractivity contribution in [2.75, 3.05) is 18.0 Å². The molecule has 2 aliphatic rings. The Morgan fingerprint density at radius 3 is 3.16 bits per heavy atom. The lowest BCUT2D eigenvalue weighted by Gasteiger charge is -2.23. The van der Waals surface area contributed by atoms with E-state index in [2.05, 4.69) is 11.1 Å². The summed E-state index contributed by atoms with van der Waals surface area (Å²) >= 11 is 0. The highest BCUT2D eigenvalue weighted by atomic mass is 16.4. The molecular formula is C14H15N3O2. The number of pyridine rings is 1. The van der Waals surface area contributed by atoms with Gasteiger partial charge in [-0.15, -0.1) is 0 Å². The molecule has 0 aromatic carbocycles. The van der Waals surface area contributed by atoms with Gasteiger partial charge < -0.3 is 10.0 Å². The zero-order valence-electron chi connectivity index (χ0n) is 10.5. The summed E-state index contributed by atoms with van der Waals surface area (Å²) in [4.78, 5) is 17.9. The van der Waals surface area contributed by atoms with Gasteiger partial charge in [0.2, 0.25) is 0 Å². The number of hydrogen-bond donors (Lipinski definition) is 1. The molecule has 0 radical (unpaired) electrons. The number of carboxylic acids is 1. The summed E-state index contributed by atoms with van der Waals surface area (Å²) in [5.41, 5.74) is -0.0453. The van der Waals surface area contributed by atoms with Crippen molar-refractivity contribution in [3.05, 3.63) is 23.9 Å². The average molecular weight is 257 g/mol. The summed E-state index contributed by atoms with van der Waals surface area (Å²) in [5, 5.41) is 18.5.